The summed E-state index contributed by atoms with van der Waals surface area (Å²) in [7, 11) is -3.42. The smallest absolute Gasteiger partial charge is 0.260 e. The molecule has 1 aromatic heterocycles. The zero-order valence-corrected chi connectivity index (χ0v) is 12.8. The summed E-state index contributed by atoms with van der Waals surface area (Å²) in [5.41, 5.74) is 0. The van der Waals surface area contributed by atoms with Gasteiger partial charge in [-0.25, -0.2) is 13.4 Å². The molecule has 1 heterocycles. The summed E-state index contributed by atoms with van der Waals surface area (Å²) in [6.45, 7) is 2.32. The van der Waals surface area contributed by atoms with Gasteiger partial charge in [-0.3, -0.25) is 0 Å². The van der Waals surface area contributed by atoms with E-state index in [4.69, 9.17) is 0 Å². The first-order valence-electron chi connectivity index (χ1n) is 6.15. The lowest BCUT2D eigenvalue weighted by atomic mass is 9.93. The summed E-state index contributed by atoms with van der Waals surface area (Å²) >= 11 is 3.35. The molecule has 0 aromatic carbocycles. The van der Waals surface area contributed by atoms with Crippen LogP contribution in [0.15, 0.2) is 11.2 Å². The highest BCUT2D eigenvalue weighted by Crippen LogP contribution is 2.29. The van der Waals surface area contributed by atoms with Crippen LogP contribution in [0.2, 0.25) is 0 Å². The van der Waals surface area contributed by atoms with Gasteiger partial charge in [-0.1, -0.05) is 22.4 Å². The van der Waals surface area contributed by atoms with Gasteiger partial charge in [-0.15, -0.1) is 0 Å². The highest BCUT2D eigenvalue weighted by Gasteiger charge is 2.35. The van der Waals surface area contributed by atoms with E-state index in [0.717, 1.165) is 31.0 Å². The van der Waals surface area contributed by atoms with Gasteiger partial charge in [-0.05, 0) is 26.2 Å². The first-order chi connectivity index (χ1) is 8.55. The maximum atomic E-state index is 12.5. The Labute approximate surface area is 116 Å². The molecule has 1 N–H and O–H groups in total. The lowest BCUT2D eigenvalue weighted by molar-refractivity contribution is 0.219. The number of rotatable bonds is 6. The van der Waals surface area contributed by atoms with Crippen molar-refractivity contribution < 1.29 is 8.42 Å². The van der Waals surface area contributed by atoms with Crippen LogP contribution in [-0.2, 0) is 10.0 Å². The Morgan fingerprint density at radius 2 is 2.28 bits per heavy atom. The van der Waals surface area contributed by atoms with Gasteiger partial charge in [0.1, 0.15) is 5.82 Å². The quantitative estimate of drug-likeness (QED) is 0.809. The van der Waals surface area contributed by atoms with Crippen molar-refractivity contribution in [3.8, 4) is 0 Å². The highest BCUT2D eigenvalue weighted by atomic mass is 79.9. The molecular formula is C11H18BrN3O2S. The molecule has 1 saturated carbocycles. The van der Waals surface area contributed by atoms with E-state index in [-0.39, 0.29) is 11.1 Å². The van der Waals surface area contributed by atoms with Crippen molar-refractivity contribution >= 4 is 26.0 Å². The number of aromatic amines is 1. The molecule has 7 heteroatoms. The molecule has 1 fully saturated rings. The topological polar surface area (TPSA) is 66.1 Å². The molecular weight excluding hydrogens is 318 g/mol. The Morgan fingerprint density at radius 1 is 1.56 bits per heavy atom. The van der Waals surface area contributed by atoms with E-state index in [0.29, 0.717) is 12.4 Å². The molecule has 0 atom stereocenters. The summed E-state index contributed by atoms with van der Waals surface area (Å²) in [6.07, 6.45) is 5.28. The summed E-state index contributed by atoms with van der Waals surface area (Å²) in [6, 6.07) is 0.164. The average molecular weight is 336 g/mol. The van der Waals surface area contributed by atoms with Crippen molar-refractivity contribution in [3.05, 3.63) is 12.0 Å². The van der Waals surface area contributed by atoms with Gasteiger partial charge in [-0.2, -0.15) is 4.31 Å². The zero-order chi connectivity index (χ0) is 13.2. The molecule has 0 aliphatic heterocycles. The minimum Gasteiger partial charge on any atom is -0.332 e. The van der Waals surface area contributed by atoms with Gasteiger partial charge in [0.15, 0.2) is 5.03 Å². The predicted octanol–water partition coefficient (Wildman–Crippen LogP) is 2.05. The maximum absolute atomic E-state index is 12.5. The molecule has 0 bridgehead atoms. The number of nitrogens with zero attached hydrogens (tertiary/aromatic N) is 2. The van der Waals surface area contributed by atoms with Crippen molar-refractivity contribution in [3.63, 3.8) is 0 Å². The zero-order valence-electron chi connectivity index (χ0n) is 10.4. The first-order valence-corrected chi connectivity index (χ1v) is 8.71. The SMILES string of the molecule is Cc1ncc(S(=O)(=O)N(CCCBr)C2CCC2)[nH]1. The third-order valence-electron chi connectivity index (χ3n) is 3.26. The molecule has 1 aromatic rings. The van der Waals surface area contributed by atoms with Crippen molar-refractivity contribution in [2.24, 2.45) is 0 Å². The van der Waals surface area contributed by atoms with Crippen molar-refractivity contribution in [1.29, 1.82) is 0 Å². The van der Waals surface area contributed by atoms with Crippen LogP contribution in [0, 0.1) is 6.92 Å². The fraction of sp³-hybridized carbons (Fsp3) is 0.727. The molecule has 0 amide bonds. The fourth-order valence-electron chi connectivity index (χ4n) is 2.04. The Morgan fingerprint density at radius 3 is 2.72 bits per heavy atom. The second kappa shape index (κ2) is 5.71. The lowest BCUT2D eigenvalue weighted by Gasteiger charge is -2.36. The number of nitrogens with one attached hydrogen (secondary N) is 1. The van der Waals surface area contributed by atoms with E-state index in [9.17, 15) is 8.42 Å². The van der Waals surface area contributed by atoms with Crippen molar-refractivity contribution in [1.82, 2.24) is 14.3 Å². The summed E-state index contributed by atoms with van der Waals surface area (Å²) in [4.78, 5) is 6.80. The number of halogens is 1. The molecule has 0 saturated heterocycles. The van der Waals surface area contributed by atoms with Crippen LogP contribution >= 0.6 is 15.9 Å². The number of imidazole rings is 1. The minimum absolute atomic E-state index is 0.164. The normalized spacial score (nSPS) is 17.1. The molecule has 18 heavy (non-hydrogen) atoms. The number of aromatic nitrogens is 2. The summed E-state index contributed by atoms with van der Waals surface area (Å²) in [5, 5.41) is 1.02. The van der Waals surface area contributed by atoms with E-state index >= 15 is 0 Å². The monoisotopic (exact) mass is 335 g/mol. The van der Waals surface area contributed by atoms with E-state index < -0.39 is 10.0 Å². The molecule has 1 aliphatic carbocycles. The number of H-pyrrole nitrogens is 1. The fourth-order valence-corrected chi connectivity index (χ4v) is 3.98. The number of hydrogen-bond donors (Lipinski definition) is 1. The molecule has 102 valence electrons. The second-order valence-corrected chi connectivity index (χ2v) is 7.23. The largest absolute Gasteiger partial charge is 0.332 e. The van der Waals surface area contributed by atoms with E-state index in [1.807, 2.05) is 0 Å². The predicted molar refractivity (Wildman–Crippen MR) is 73.3 cm³/mol. The first kappa shape index (κ1) is 14.0. The van der Waals surface area contributed by atoms with Crippen LogP contribution in [-0.4, -0.2) is 40.6 Å². The van der Waals surface area contributed by atoms with Crippen molar-refractivity contribution in [2.75, 3.05) is 11.9 Å². The van der Waals surface area contributed by atoms with Crippen molar-refractivity contribution in [2.45, 2.75) is 43.7 Å². The number of aryl methyl sites for hydroxylation is 1. The maximum Gasteiger partial charge on any atom is 0.260 e. The van der Waals surface area contributed by atoms with E-state index in [1.54, 1.807) is 11.2 Å². The van der Waals surface area contributed by atoms with E-state index in [1.165, 1.54) is 6.20 Å². The van der Waals surface area contributed by atoms with Crippen LogP contribution in [0.5, 0.6) is 0 Å². The molecule has 5 nitrogen and oxygen atoms in total. The number of sulfonamides is 1. The molecule has 0 spiro atoms. The van der Waals surface area contributed by atoms with Gasteiger partial charge in [0.2, 0.25) is 0 Å². The Kier molecular flexibility index (Phi) is 4.45. The molecule has 0 radical (unpaired) electrons. The molecule has 2 rings (SSSR count). The molecule has 0 unspecified atom stereocenters. The minimum atomic E-state index is -3.42. The Balaban J connectivity index is 2.22. The Hall–Kier alpha value is -0.400. The summed E-state index contributed by atoms with van der Waals surface area (Å²) in [5.74, 6) is 0.627. The van der Waals surface area contributed by atoms with Gasteiger partial charge in [0.05, 0.1) is 6.20 Å². The van der Waals surface area contributed by atoms with Crippen LogP contribution in [0.1, 0.15) is 31.5 Å². The van der Waals surface area contributed by atoms with Gasteiger partial charge in [0.25, 0.3) is 10.0 Å². The van der Waals surface area contributed by atoms with Gasteiger partial charge >= 0.3 is 0 Å². The summed E-state index contributed by atoms with van der Waals surface area (Å²) < 4.78 is 26.7. The standard InChI is InChI=1S/C11H18BrN3O2S/c1-9-13-8-11(14-9)18(16,17)15(7-3-6-12)10-4-2-5-10/h8,10H,2-7H2,1H3,(H,13,14). The lowest BCUT2D eigenvalue weighted by Crippen LogP contribution is -2.44. The van der Waals surface area contributed by atoms with Crippen LogP contribution in [0.25, 0.3) is 0 Å². The van der Waals surface area contributed by atoms with Gasteiger partial charge < -0.3 is 4.98 Å². The van der Waals surface area contributed by atoms with E-state index in [2.05, 4.69) is 25.9 Å². The Bertz CT molecular complexity index is 496. The third kappa shape index (κ3) is 2.78. The average Bonchev–Trinajstić information content (AvgIpc) is 2.68. The highest BCUT2D eigenvalue weighted by molar-refractivity contribution is 9.09. The second-order valence-electron chi connectivity index (χ2n) is 4.58. The van der Waals surface area contributed by atoms with Crippen LogP contribution in [0.4, 0.5) is 0 Å². The molecule has 1 aliphatic rings. The van der Waals surface area contributed by atoms with Gasteiger partial charge in [0, 0.05) is 17.9 Å². The van der Waals surface area contributed by atoms with Crippen LogP contribution in [0.3, 0.4) is 0 Å². The number of alkyl halides is 1. The van der Waals surface area contributed by atoms with Crippen LogP contribution < -0.4 is 0 Å². The number of hydrogen-bond acceptors (Lipinski definition) is 3. The third-order valence-corrected chi connectivity index (χ3v) is 5.68.